The fourth-order valence-electron chi connectivity index (χ4n) is 0.938. The molecule has 0 bridgehead atoms. The SMILES string of the molecule is CCn1ccnc1SCC(C)CCl. The molecule has 13 heavy (non-hydrogen) atoms. The van der Waals surface area contributed by atoms with Crippen molar-refractivity contribution in [3.05, 3.63) is 12.4 Å². The number of nitrogens with zero attached hydrogens (tertiary/aromatic N) is 2. The molecule has 1 unspecified atom stereocenters. The zero-order valence-electron chi connectivity index (χ0n) is 8.03. The predicted molar refractivity (Wildman–Crippen MR) is 58.5 cm³/mol. The van der Waals surface area contributed by atoms with Crippen LogP contribution in [0.4, 0.5) is 0 Å². The Morgan fingerprint density at radius 3 is 3.08 bits per heavy atom. The Kier molecular flexibility index (Phi) is 4.67. The molecule has 1 aromatic heterocycles. The van der Waals surface area contributed by atoms with Gasteiger partial charge in [0.15, 0.2) is 5.16 Å². The summed E-state index contributed by atoms with van der Waals surface area (Å²) in [6.07, 6.45) is 3.85. The van der Waals surface area contributed by atoms with Gasteiger partial charge in [0.2, 0.25) is 0 Å². The molecule has 0 saturated carbocycles. The molecule has 1 heterocycles. The molecule has 0 radical (unpaired) electrons. The normalized spacial score (nSPS) is 13.2. The zero-order chi connectivity index (χ0) is 9.68. The van der Waals surface area contributed by atoms with Gasteiger partial charge in [0.25, 0.3) is 0 Å². The minimum absolute atomic E-state index is 0.550. The Bertz CT molecular complexity index is 250. The first-order valence-corrected chi connectivity index (χ1v) is 5.99. The molecule has 0 aromatic carbocycles. The molecule has 0 fully saturated rings. The number of aryl methyl sites for hydroxylation is 1. The van der Waals surface area contributed by atoms with Crippen LogP contribution < -0.4 is 0 Å². The lowest BCUT2D eigenvalue weighted by atomic mass is 10.3. The van der Waals surface area contributed by atoms with Crippen molar-refractivity contribution in [2.75, 3.05) is 11.6 Å². The third-order valence-electron chi connectivity index (χ3n) is 1.78. The van der Waals surface area contributed by atoms with E-state index in [9.17, 15) is 0 Å². The van der Waals surface area contributed by atoms with E-state index in [0.29, 0.717) is 5.92 Å². The van der Waals surface area contributed by atoms with Crippen molar-refractivity contribution < 1.29 is 0 Å². The lowest BCUT2D eigenvalue weighted by Crippen LogP contribution is -2.02. The van der Waals surface area contributed by atoms with Crippen molar-refractivity contribution in [3.63, 3.8) is 0 Å². The highest BCUT2D eigenvalue weighted by atomic mass is 35.5. The number of thioether (sulfide) groups is 1. The van der Waals surface area contributed by atoms with Crippen molar-refractivity contribution in [2.24, 2.45) is 5.92 Å². The summed E-state index contributed by atoms with van der Waals surface area (Å²) in [5.41, 5.74) is 0. The Balaban J connectivity index is 2.44. The number of halogens is 1. The molecule has 1 atom stereocenters. The van der Waals surface area contributed by atoms with Crippen LogP contribution in [0.5, 0.6) is 0 Å². The predicted octanol–water partition coefficient (Wildman–Crippen LogP) is 2.87. The third-order valence-corrected chi connectivity index (χ3v) is 3.64. The molecule has 4 heteroatoms. The quantitative estimate of drug-likeness (QED) is 0.559. The van der Waals surface area contributed by atoms with Gasteiger partial charge in [0.05, 0.1) is 0 Å². The zero-order valence-corrected chi connectivity index (χ0v) is 9.61. The van der Waals surface area contributed by atoms with E-state index in [1.165, 1.54) is 0 Å². The summed E-state index contributed by atoms with van der Waals surface area (Å²) in [6.45, 7) is 5.26. The highest BCUT2D eigenvalue weighted by Gasteiger charge is 2.05. The van der Waals surface area contributed by atoms with Crippen LogP contribution in [0.15, 0.2) is 17.6 Å². The Morgan fingerprint density at radius 2 is 2.46 bits per heavy atom. The Labute approximate surface area is 88.7 Å². The van der Waals surface area contributed by atoms with Crippen LogP contribution in [0, 0.1) is 5.92 Å². The largest absolute Gasteiger partial charge is 0.326 e. The summed E-state index contributed by atoms with van der Waals surface area (Å²) in [5, 5.41) is 1.10. The van der Waals surface area contributed by atoms with Gasteiger partial charge in [0.1, 0.15) is 0 Å². The number of hydrogen-bond donors (Lipinski definition) is 0. The Hall–Kier alpha value is -0.150. The second kappa shape index (κ2) is 5.55. The van der Waals surface area contributed by atoms with Gasteiger partial charge in [-0.05, 0) is 12.8 Å². The third kappa shape index (κ3) is 3.24. The number of hydrogen-bond acceptors (Lipinski definition) is 2. The van der Waals surface area contributed by atoms with Crippen molar-refractivity contribution in [1.82, 2.24) is 9.55 Å². The molecule has 0 amide bonds. The van der Waals surface area contributed by atoms with Crippen LogP contribution >= 0.6 is 23.4 Å². The standard InChI is InChI=1S/C9H15ClN2S/c1-3-12-5-4-11-9(12)13-7-8(2)6-10/h4-5,8H,3,6-7H2,1-2H3. The minimum Gasteiger partial charge on any atom is -0.326 e. The van der Waals surface area contributed by atoms with E-state index >= 15 is 0 Å². The summed E-state index contributed by atoms with van der Waals surface area (Å²) in [4.78, 5) is 4.28. The van der Waals surface area contributed by atoms with Gasteiger partial charge in [-0.25, -0.2) is 4.98 Å². The first-order chi connectivity index (χ1) is 6.27. The Morgan fingerprint density at radius 1 is 1.69 bits per heavy atom. The van der Waals surface area contributed by atoms with Crippen LogP contribution in [-0.4, -0.2) is 21.2 Å². The molecule has 0 aliphatic carbocycles. The van der Waals surface area contributed by atoms with Crippen molar-refractivity contribution in [1.29, 1.82) is 0 Å². The first-order valence-electron chi connectivity index (χ1n) is 4.47. The fourth-order valence-corrected chi connectivity index (χ4v) is 2.22. The highest BCUT2D eigenvalue weighted by Crippen LogP contribution is 2.19. The second-order valence-corrected chi connectivity index (χ2v) is 4.36. The van der Waals surface area contributed by atoms with Crippen molar-refractivity contribution >= 4 is 23.4 Å². The van der Waals surface area contributed by atoms with Gasteiger partial charge in [-0.3, -0.25) is 0 Å². The maximum absolute atomic E-state index is 5.73. The minimum atomic E-state index is 0.550. The lowest BCUT2D eigenvalue weighted by Gasteiger charge is -2.07. The van der Waals surface area contributed by atoms with Crippen molar-refractivity contribution in [3.8, 4) is 0 Å². The van der Waals surface area contributed by atoms with Crippen LogP contribution in [0.1, 0.15) is 13.8 Å². The van der Waals surface area contributed by atoms with E-state index in [2.05, 4.69) is 23.4 Å². The molecular formula is C9H15ClN2S. The van der Waals surface area contributed by atoms with Gasteiger partial charge >= 0.3 is 0 Å². The van der Waals surface area contributed by atoms with Crippen LogP contribution in [0.2, 0.25) is 0 Å². The van der Waals surface area contributed by atoms with E-state index in [0.717, 1.165) is 23.3 Å². The molecule has 74 valence electrons. The van der Waals surface area contributed by atoms with Gasteiger partial charge in [-0.15, -0.1) is 11.6 Å². The molecule has 2 nitrogen and oxygen atoms in total. The number of imidazole rings is 1. The highest BCUT2D eigenvalue weighted by molar-refractivity contribution is 7.99. The summed E-state index contributed by atoms with van der Waals surface area (Å²) < 4.78 is 2.14. The van der Waals surface area contributed by atoms with E-state index in [1.54, 1.807) is 11.8 Å². The van der Waals surface area contributed by atoms with Crippen LogP contribution in [0.25, 0.3) is 0 Å². The second-order valence-electron chi connectivity index (χ2n) is 3.07. The number of aromatic nitrogens is 2. The molecule has 0 aliphatic rings. The summed E-state index contributed by atoms with van der Waals surface area (Å²) in [5.74, 6) is 2.31. The van der Waals surface area contributed by atoms with Gasteiger partial charge in [0, 0.05) is 30.6 Å². The average molecular weight is 219 g/mol. The molecule has 0 spiro atoms. The maximum atomic E-state index is 5.73. The summed E-state index contributed by atoms with van der Waals surface area (Å²) in [7, 11) is 0. The van der Waals surface area contributed by atoms with E-state index in [4.69, 9.17) is 11.6 Å². The molecule has 1 aromatic rings. The molecule has 0 saturated heterocycles. The van der Waals surface area contributed by atoms with E-state index in [-0.39, 0.29) is 0 Å². The van der Waals surface area contributed by atoms with Gasteiger partial charge < -0.3 is 4.57 Å². The summed E-state index contributed by atoms with van der Waals surface area (Å²) in [6, 6.07) is 0. The fraction of sp³-hybridized carbons (Fsp3) is 0.667. The number of rotatable bonds is 5. The molecule has 1 rings (SSSR count). The van der Waals surface area contributed by atoms with Gasteiger partial charge in [-0.2, -0.15) is 0 Å². The summed E-state index contributed by atoms with van der Waals surface area (Å²) >= 11 is 7.50. The van der Waals surface area contributed by atoms with E-state index in [1.807, 2.05) is 12.4 Å². The smallest absolute Gasteiger partial charge is 0.167 e. The first kappa shape index (κ1) is 10.9. The molecule has 0 aliphatic heterocycles. The molecular weight excluding hydrogens is 204 g/mol. The van der Waals surface area contributed by atoms with Gasteiger partial charge in [-0.1, -0.05) is 18.7 Å². The molecule has 0 N–H and O–H groups in total. The number of alkyl halides is 1. The lowest BCUT2D eigenvalue weighted by molar-refractivity contribution is 0.677. The van der Waals surface area contributed by atoms with Crippen molar-refractivity contribution in [2.45, 2.75) is 25.5 Å². The van der Waals surface area contributed by atoms with Crippen LogP contribution in [0.3, 0.4) is 0 Å². The topological polar surface area (TPSA) is 17.8 Å². The van der Waals surface area contributed by atoms with Crippen LogP contribution in [-0.2, 0) is 6.54 Å². The average Bonchev–Trinajstić information content (AvgIpc) is 2.61. The maximum Gasteiger partial charge on any atom is 0.167 e. The monoisotopic (exact) mass is 218 g/mol. The van der Waals surface area contributed by atoms with E-state index < -0.39 is 0 Å².